The molecule has 0 fully saturated rings. The molecular formula is C18H19Cl2N3O2. The smallest absolute Gasteiger partial charge is 0.220 e. The molecule has 2 aromatic rings. The summed E-state index contributed by atoms with van der Waals surface area (Å²) in [6, 6.07) is 10.1. The third-order valence-electron chi connectivity index (χ3n) is 2.81. The van der Waals surface area contributed by atoms with Gasteiger partial charge in [-0.05, 0) is 37.3 Å². The maximum absolute atomic E-state index is 11.6. The Kier molecular flexibility index (Phi) is 9.43. The van der Waals surface area contributed by atoms with Crippen LogP contribution in [0.3, 0.4) is 0 Å². The molecule has 2 rings (SSSR count). The zero-order valence-electron chi connectivity index (χ0n) is 14.2. The van der Waals surface area contributed by atoms with Crippen LogP contribution in [-0.2, 0) is 0 Å². The van der Waals surface area contributed by atoms with Gasteiger partial charge in [-0.25, -0.2) is 4.98 Å². The molecule has 25 heavy (non-hydrogen) atoms. The van der Waals surface area contributed by atoms with Crippen LogP contribution in [-0.4, -0.2) is 30.4 Å². The van der Waals surface area contributed by atoms with Crippen LogP contribution >= 0.6 is 23.2 Å². The lowest BCUT2D eigenvalue weighted by atomic mass is 10.1. The number of carbonyl (C=O) groups excluding carboxylic acids is 1. The summed E-state index contributed by atoms with van der Waals surface area (Å²) in [5, 5.41) is 0.778. The number of hydrogen-bond acceptors (Lipinski definition) is 4. The van der Waals surface area contributed by atoms with Crippen molar-refractivity contribution in [3.05, 3.63) is 52.1 Å². The molecule has 0 atom stereocenters. The zero-order chi connectivity index (χ0) is 18.7. The Balaban J connectivity index is 0.000000450. The van der Waals surface area contributed by atoms with Crippen molar-refractivity contribution in [3.8, 4) is 11.6 Å². The van der Waals surface area contributed by atoms with Crippen molar-refractivity contribution in [1.82, 2.24) is 4.98 Å². The number of nitrogens with zero attached hydrogens (tertiary/aromatic N) is 3. The third-order valence-corrected chi connectivity index (χ3v) is 3.35. The molecule has 0 aliphatic rings. The van der Waals surface area contributed by atoms with Crippen LogP contribution in [0.1, 0.15) is 30.6 Å². The Morgan fingerprint density at radius 3 is 2.36 bits per heavy atom. The molecule has 0 spiro atoms. The number of carbonyl (C=O) groups is 1. The van der Waals surface area contributed by atoms with Gasteiger partial charge in [-0.15, -0.1) is 0 Å². The maximum Gasteiger partial charge on any atom is 0.220 e. The van der Waals surface area contributed by atoms with Crippen molar-refractivity contribution < 1.29 is 9.53 Å². The van der Waals surface area contributed by atoms with E-state index in [-0.39, 0.29) is 10.9 Å². The summed E-state index contributed by atoms with van der Waals surface area (Å²) in [5.74, 6) is 0.887. The Morgan fingerprint density at radius 2 is 1.88 bits per heavy atom. The fourth-order valence-corrected chi connectivity index (χ4v) is 2.01. The lowest BCUT2D eigenvalue weighted by Gasteiger charge is -2.07. The van der Waals surface area contributed by atoms with Crippen molar-refractivity contribution in [3.63, 3.8) is 0 Å². The predicted molar refractivity (Wildman–Crippen MR) is 104 cm³/mol. The molecule has 132 valence electrons. The van der Waals surface area contributed by atoms with E-state index in [2.05, 4.69) is 15.0 Å². The SMILES string of the molecule is CC=NC=NC.CCC(=O)c1ccc(Oc2ccc(Cl)cc2)nc1Cl. The van der Waals surface area contributed by atoms with Gasteiger partial charge >= 0.3 is 0 Å². The van der Waals surface area contributed by atoms with Crippen LogP contribution in [0, 0.1) is 0 Å². The van der Waals surface area contributed by atoms with Crippen molar-refractivity contribution in [1.29, 1.82) is 0 Å². The first kappa shape index (κ1) is 20.8. The number of aromatic nitrogens is 1. The lowest BCUT2D eigenvalue weighted by Crippen LogP contribution is -2.00. The first-order chi connectivity index (χ1) is 12.0. The molecule has 0 N–H and O–H groups in total. The first-order valence-corrected chi connectivity index (χ1v) is 8.29. The summed E-state index contributed by atoms with van der Waals surface area (Å²) in [6.07, 6.45) is 3.58. The lowest BCUT2D eigenvalue weighted by molar-refractivity contribution is 0.0988. The second kappa shape index (κ2) is 11.3. The van der Waals surface area contributed by atoms with Crippen LogP contribution in [0.4, 0.5) is 0 Å². The number of hydrogen-bond donors (Lipinski definition) is 0. The number of Topliss-reactive ketones (excluding diaryl/α,β-unsaturated/α-hetero) is 1. The molecule has 0 saturated heterocycles. The van der Waals surface area contributed by atoms with Gasteiger partial charge in [0.25, 0.3) is 0 Å². The molecule has 1 aromatic heterocycles. The fourth-order valence-electron chi connectivity index (χ4n) is 1.63. The molecule has 7 heteroatoms. The van der Waals surface area contributed by atoms with Gasteiger partial charge in [0.1, 0.15) is 17.2 Å². The Bertz CT molecular complexity index is 734. The molecule has 0 radical (unpaired) electrons. The van der Waals surface area contributed by atoms with Gasteiger partial charge in [-0.1, -0.05) is 30.1 Å². The molecule has 0 aliphatic heterocycles. The highest BCUT2D eigenvalue weighted by atomic mass is 35.5. The van der Waals surface area contributed by atoms with Crippen LogP contribution in [0.15, 0.2) is 46.4 Å². The van der Waals surface area contributed by atoms with Crippen molar-refractivity contribution in [2.24, 2.45) is 9.98 Å². The molecule has 0 saturated carbocycles. The van der Waals surface area contributed by atoms with Gasteiger partial charge in [0.05, 0.1) is 5.56 Å². The van der Waals surface area contributed by atoms with Crippen molar-refractivity contribution in [2.45, 2.75) is 20.3 Å². The number of pyridine rings is 1. The standard InChI is InChI=1S/C14H11Cl2NO2.C4H8N2/c1-2-12(18)11-7-8-13(17-14(11)16)19-10-5-3-9(15)4-6-10;1-3-6-4-5-2/h3-8H,2H2,1H3;3-4H,1-2H3. The maximum atomic E-state index is 11.6. The Morgan fingerprint density at radius 1 is 1.20 bits per heavy atom. The second-order valence-corrected chi connectivity index (χ2v) is 5.40. The van der Waals surface area contributed by atoms with E-state index in [4.69, 9.17) is 27.9 Å². The number of aliphatic imine (C=N–C) groups is 2. The molecule has 0 amide bonds. The zero-order valence-corrected chi connectivity index (χ0v) is 15.8. The molecular weight excluding hydrogens is 361 g/mol. The van der Waals surface area contributed by atoms with E-state index in [9.17, 15) is 4.79 Å². The van der Waals surface area contributed by atoms with Gasteiger partial charge in [-0.2, -0.15) is 0 Å². The molecule has 1 aromatic carbocycles. The normalized spacial score (nSPS) is 10.6. The molecule has 0 unspecified atom stereocenters. The predicted octanol–water partition coefficient (Wildman–Crippen LogP) is 5.51. The van der Waals surface area contributed by atoms with Gasteiger partial charge in [0.15, 0.2) is 5.78 Å². The summed E-state index contributed by atoms with van der Waals surface area (Å²) < 4.78 is 5.52. The summed E-state index contributed by atoms with van der Waals surface area (Å²) in [4.78, 5) is 22.9. The highest BCUT2D eigenvalue weighted by Crippen LogP contribution is 2.24. The average molecular weight is 380 g/mol. The number of ketones is 1. The van der Waals surface area contributed by atoms with E-state index in [1.165, 1.54) is 6.34 Å². The molecule has 0 aliphatic carbocycles. The number of rotatable bonds is 5. The van der Waals surface area contributed by atoms with Crippen LogP contribution in [0.5, 0.6) is 11.6 Å². The van der Waals surface area contributed by atoms with Gasteiger partial charge < -0.3 is 4.74 Å². The largest absolute Gasteiger partial charge is 0.439 e. The topological polar surface area (TPSA) is 63.9 Å². The average Bonchev–Trinajstić information content (AvgIpc) is 2.62. The van der Waals surface area contributed by atoms with Gasteiger partial charge in [0.2, 0.25) is 5.88 Å². The molecule has 0 bridgehead atoms. The number of halogens is 2. The van der Waals surface area contributed by atoms with Gasteiger partial charge in [0, 0.05) is 30.8 Å². The van der Waals surface area contributed by atoms with Crippen molar-refractivity contribution >= 4 is 41.5 Å². The molecule has 1 heterocycles. The van der Waals surface area contributed by atoms with Crippen LogP contribution < -0.4 is 4.74 Å². The van der Waals surface area contributed by atoms with E-state index < -0.39 is 0 Å². The van der Waals surface area contributed by atoms with E-state index in [0.717, 1.165) is 0 Å². The highest BCUT2D eigenvalue weighted by Gasteiger charge is 2.11. The van der Waals surface area contributed by atoms with E-state index in [1.54, 1.807) is 56.6 Å². The molecule has 5 nitrogen and oxygen atoms in total. The second-order valence-electron chi connectivity index (χ2n) is 4.60. The van der Waals surface area contributed by atoms with E-state index in [1.807, 2.05) is 6.92 Å². The van der Waals surface area contributed by atoms with Gasteiger partial charge in [-0.3, -0.25) is 14.8 Å². The Hall–Kier alpha value is -2.24. The quantitative estimate of drug-likeness (QED) is 0.297. The van der Waals surface area contributed by atoms with E-state index >= 15 is 0 Å². The van der Waals surface area contributed by atoms with Crippen molar-refractivity contribution in [2.75, 3.05) is 7.05 Å². The fraction of sp³-hybridized carbons (Fsp3) is 0.222. The van der Waals surface area contributed by atoms with Crippen LogP contribution in [0.2, 0.25) is 10.2 Å². The summed E-state index contributed by atoms with van der Waals surface area (Å²) in [6.45, 7) is 3.62. The minimum atomic E-state index is -0.0458. The first-order valence-electron chi connectivity index (χ1n) is 7.53. The number of benzene rings is 1. The summed E-state index contributed by atoms with van der Waals surface area (Å²) in [7, 11) is 1.69. The number of ether oxygens (including phenoxy) is 1. The third kappa shape index (κ3) is 7.45. The highest BCUT2D eigenvalue weighted by molar-refractivity contribution is 6.32. The minimum absolute atomic E-state index is 0.0458. The Labute approximate surface area is 157 Å². The van der Waals surface area contributed by atoms with E-state index in [0.29, 0.717) is 28.6 Å². The van der Waals surface area contributed by atoms with Crippen LogP contribution in [0.25, 0.3) is 0 Å². The summed E-state index contributed by atoms with van der Waals surface area (Å²) >= 11 is 11.7. The monoisotopic (exact) mass is 379 g/mol. The summed E-state index contributed by atoms with van der Waals surface area (Å²) in [5.41, 5.74) is 0.410. The minimum Gasteiger partial charge on any atom is -0.439 e.